The smallest absolute Gasteiger partial charge is 0.0459 e. The summed E-state index contributed by atoms with van der Waals surface area (Å²) in [4.78, 5) is 10.3. The molecule has 0 saturated heterocycles. The number of aromatic nitrogens is 2. The minimum atomic E-state index is 1.09. The minimum absolute atomic E-state index is 1.09. The number of aryl methyl sites for hydroxylation is 1. The van der Waals surface area contributed by atoms with E-state index < -0.39 is 0 Å². The second-order valence-electron chi connectivity index (χ2n) is 7.53. The van der Waals surface area contributed by atoms with Crippen molar-refractivity contribution in [2.45, 2.75) is 51.5 Å². The van der Waals surface area contributed by atoms with Crippen LogP contribution in [0.3, 0.4) is 0 Å². The largest absolute Gasteiger partial charge is 0.357 e. The van der Waals surface area contributed by atoms with Crippen molar-refractivity contribution in [1.29, 1.82) is 0 Å². The SMILES string of the molecule is c1ccc2c3c([nH]c2c1)CN(CCCCCCCc1ccncc1)CC3. The number of H-pyrrole nitrogens is 1. The summed E-state index contributed by atoms with van der Waals surface area (Å²) in [6.45, 7) is 3.53. The molecule has 0 atom stereocenters. The van der Waals surface area contributed by atoms with Crippen molar-refractivity contribution in [3.8, 4) is 0 Å². The van der Waals surface area contributed by atoms with Gasteiger partial charge in [0.2, 0.25) is 0 Å². The van der Waals surface area contributed by atoms with E-state index in [2.05, 4.69) is 51.3 Å². The van der Waals surface area contributed by atoms with Gasteiger partial charge in [0, 0.05) is 42.1 Å². The molecule has 0 bridgehead atoms. The number of benzene rings is 1. The van der Waals surface area contributed by atoms with Gasteiger partial charge in [-0.2, -0.15) is 0 Å². The van der Waals surface area contributed by atoms with Crippen LogP contribution in [0.4, 0.5) is 0 Å². The van der Waals surface area contributed by atoms with Gasteiger partial charge in [-0.05, 0) is 61.6 Å². The van der Waals surface area contributed by atoms with Gasteiger partial charge in [0.1, 0.15) is 0 Å². The van der Waals surface area contributed by atoms with Crippen LogP contribution in [0.2, 0.25) is 0 Å². The highest BCUT2D eigenvalue weighted by Gasteiger charge is 2.19. The molecule has 0 spiro atoms. The number of rotatable bonds is 8. The fourth-order valence-electron chi connectivity index (χ4n) is 4.18. The molecule has 2 aromatic heterocycles. The van der Waals surface area contributed by atoms with Crippen LogP contribution in [0.15, 0.2) is 48.8 Å². The lowest BCUT2D eigenvalue weighted by Crippen LogP contribution is -2.31. The van der Waals surface area contributed by atoms with Crippen LogP contribution in [-0.2, 0) is 19.4 Å². The molecule has 0 saturated carbocycles. The van der Waals surface area contributed by atoms with Crippen LogP contribution >= 0.6 is 0 Å². The van der Waals surface area contributed by atoms with E-state index in [0.717, 1.165) is 6.54 Å². The molecule has 0 fully saturated rings. The van der Waals surface area contributed by atoms with Crippen molar-refractivity contribution >= 4 is 10.9 Å². The fourth-order valence-corrected chi connectivity index (χ4v) is 4.18. The highest BCUT2D eigenvalue weighted by atomic mass is 15.1. The first-order chi connectivity index (χ1) is 12.9. The van der Waals surface area contributed by atoms with Gasteiger partial charge in [0.25, 0.3) is 0 Å². The fraction of sp³-hybridized carbons (Fsp3) is 0.435. The maximum absolute atomic E-state index is 4.08. The number of para-hydroxylation sites is 1. The Morgan fingerprint density at radius 2 is 1.73 bits per heavy atom. The predicted octanol–water partition coefficient (Wildman–Crippen LogP) is 5.11. The molecular formula is C23H29N3. The van der Waals surface area contributed by atoms with Gasteiger partial charge in [-0.25, -0.2) is 0 Å². The Labute approximate surface area is 156 Å². The molecule has 3 nitrogen and oxygen atoms in total. The molecule has 1 aromatic carbocycles. The van der Waals surface area contributed by atoms with Crippen molar-refractivity contribution in [2.75, 3.05) is 13.1 Å². The van der Waals surface area contributed by atoms with E-state index in [0.29, 0.717) is 0 Å². The summed E-state index contributed by atoms with van der Waals surface area (Å²) >= 11 is 0. The number of nitrogens with one attached hydrogen (secondary N) is 1. The van der Waals surface area contributed by atoms with Crippen molar-refractivity contribution < 1.29 is 0 Å². The van der Waals surface area contributed by atoms with E-state index in [9.17, 15) is 0 Å². The van der Waals surface area contributed by atoms with E-state index in [1.807, 2.05) is 12.4 Å². The first-order valence-corrected chi connectivity index (χ1v) is 10.1. The number of pyridine rings is 1. The second-order valence-corrected chi connectivity index (χ2v) is 7.53. The maximum atomic E-state index is 4.08. The first-order valence-electron chi connectivity index (χ1n) is 10.1. The quantitative estimate of drug-likeness (QED) is 0.574. The number of fused-ring (bicyclic) bond motifs is 3. The third kappa shape index (κ3) is 4.16. The number of unbranched alkanes of at least 4 members (excludes halogenated alkanes) is 4. The molecule has 136 valence electrons. The van der Waals surface area contributed by atoms with Crippen LogP contribution in [0, 0.1) is 0 Å². The Morgan fingerprint density at radius 1 is 0.923 bits per heavy atom. The van der Waals surface area contributed by atoms with Crippen LogP contribution in [0.1, 0.15) is 48.9 Å². The van der Waals surface area contributed by atoms with Gasteiger partial charge in [-0.3, -0.25) is 9.88 Å². The molecule has 0 amide bonds. The summed E-state index contributed by atoms with van der Waals surface area (Å²) < 4.78 is 0. The average molecular weight is 348 g/mol. The summed E-state index contributed by atoms with van der Waals surface area (Å²) in [6, 6.07) is 13.0. The standard InChI is InChI=1S/C23H29N3/c1(2-4-8-19-11-14-24-15-12-19)3-7-16-26-17-13-21-20-9-5-6-10-22(20)25-23(21)18-26/h5-6,9-12,14-15,25H,1-4,7-8,13,16-18H2. The summed E-state index contributed by atoms with van der Waals surface area (Å²) in [5, 5.41) is 1.43. The lowest BCUT2D eigenvalue weighted by Gasteiger charge is -2.26. The molecule has 1 aliphatic rings. The molecule has 1 aliphatic heterocycles. The van der Waals surface area contributed by atoms with Crippen molar-refractivity contribution in [3.05, 3.63) is 65.6 Å². The van der Waals surface area contributed by atoms with E-state index >= 15 is 0 Å². The van der Waals surface area contributed by atoms with Gasteiger partial charge in [0.05, 0.1) is 0 Å². The molecular weight excluding hydrogens is 318 g/mol. The van der Waals surface area contributed by atoms with Crippen LogP contribution in [0.5, 0.6) is 0 Å². The third-order valence-electron chi connectivity index (χ3n) is 5.65. The van der Waals surface area contributed by atoms with Gasteiger partial charge in [0.15, 0.2) is 0 Å². The van der Waals surface area contributed by atoms with E-state index in [1.165, 1.54) is 80.2 Å². The van der Waals surface area contributed by atoms with E-state index in [-0.39, 0.29) is 0 Å². The third-order valence-corrected chi connectivity index (χ3v) is 5.65. The van der Waals surface area contributed by atoms with E-state index in [1.54, 1.807) is 5.56 Å². The second kappa shape index (κ2) is 8.50. The Hall–Kier alpha value is -2.13. The normalized spacial score (nSPS) is 14.6. The van der Waals surface area contributed by atoms with Gasteiger partial charge < -0.3 is 4.98 Å². The topological polar surface area (TPSA) is 31.9 Å². The zero-order chi connectivity index (χ0) is 17.6. The summed E-state index contributed by atoms with van der Waals surface area (Å²) in [5.74, 6) is 0. The first kappa shape index (κ1) is 17.3. The zero-order valence-electron chi connectivity index (χ0n) is 15.6. The number of hydrogen-bond acceptors (Lipinski definition) is 2. The zero-order valence-corrected chi connectivity index (χ0v) is 15.6. The molecule has 3 aromatic rings. The Morgan fingerprint density at radius 3 is 2.65 bits per heavy atom. The molecule has 4 rings (SSSR count). The van der Waals surface area contributed by atoms with Crippen molar-refractivity contribution in [3.63, 3.8) is 0 Å². The summed E-state index contributed by atoms with van der Waals surface area (Å²) in [5.41, 5.74) is 5.71. The van der Waals surface area contributed by atoms with Gasteiger partial charge in [-0.15, -0.1) is 0 Å². The van der Waals surface area contributed by atoms with Crippen molar-refractivity contribution in [2.24, 2.45) is 0 Å². The lowest BCUT2D eigenvalue weighted by atomic mass is 10.0. The Kier molecular flexibility index (Phi) is 5.65. The molecule has 0 unspecified atom stereocenters. The molecule has 3 heteroatoms. The van der Waals surface area contributed by atoms with Crippen LogP contribution < -0.4 is 0 Å². The van der Waals surface area contributed by atoms with Crippen molar-refractivity contribution in [1.82, 2.24) is 14.9 Å². The molecule has 0 radical (unpaired) electrons. The lowest BCUT2D eigenvalue weighted by molar-refractivity contribution is 0.246. The van der Waals surface area contributed by atoms with Crippen LogP contribution in [0.25, 0.3) is 10.9 Å². The molecule has 26 heavy (non-hydrogen) atoms. The summed E-state index contributed by atoms with van der Waals surface area (Å²) in [7, 11) is 0. The molecule has 0 aliphatic carbocycles. The highest BCUT2D eigenvalue weighted by molar-refractivity contribution is 5.84. The average Bonchev–Trinajstić information content (AvgIpc) is 3.06. The maximum Gasteiger partial charge on any atom is 0.0459 e. The van der Waals surface area contributed by atoms with E-state index in [4.69, 9.17) is 0 Å². The molecule has 1 N–H and O–H groups in total. The van der Waals surface area contributed by atoms with Gasteiger partial charge >= 0.3 is 0 Å². The predicted molar refractivity (Wildman–Crippen MR) is 108 cm³/mol. The van der Waals surface area contributed by atoms with Crippen LogP contribution in [-0.4, -0.2) is 28.0 Å². The minimum Gasteiger partial charge on any atom is -0.357 e. The Balaban J connectivity index is 1.15. The monoisotopic (exact) mass is 347 g/mol. The molecule has 3 heterocycles. The summed E-state index contributed by atoms with van der Waals surface area (Å²) in [6.07, 6.45) is 12.8. The number of nitrogens with zero attached hydrogens (tertiary/aromatic N) is 2. The highest BCUT2D eigenvalue weighted by Crippen LogP contribution is 2.27. The van der Waals surface area contributed by atoms with Gasteiger partial charge in [-0.1, -0.05) is 37.5 Å². The number of hydrogen-bond donors (Lipinski definition) is 1. The number of aromatic amines is 1. The Bertz CT molecular complexity index is 822.